The monoisotopic (exact) mass is 378 g/mol. The van der Waals surface area contributed by atoms with Crippen LogP contribution in [0.2, 0.25) is 0 Å². The number of unbranched alkanes of at least 4 members (excludes halogenated alkanes) is 4. The van der Waals surface area contributed by atoms with E-state index in [9.17, 15) is 13.0 Å². The number of ether oxygens (including phenoxy) is 1. The van der Waals surface area contributed by atoms with Crippen LogP contribution in [0.5, 0.6) is 5.75 Å². The summed E-state index contributed by atoms with van der Waals surface area (Å²) in [5, 5.41) is 0. The molecule has 0 N–H and O–H groups in total. The molecular weight excluding hydrogens is 347 g/mol. The third kappa shape index (κ3) is 12.0. The van der Waals surface area contributed by atoms with E-state index < -0.39 is 10.1 Å². The van der Waals surface area contributed by atoms with Gasteiger partial charge in [-0.1, -0.05) is 51.7 Å². The van der Waals surface area contributed by atoms with Crippen LogP contribution in [0, 0.1) is 0 Å². The average molecular weight is 379 g/mol. The second-order valence-corrected chi connectivity index (χ2v) is 7.84. The molecule has 0 spiro atoms. The zero-order valence-electron chi connectivity index (χ0n) is 16.1. The molecule has 4 nitrogen and oxygen atoms in total. The van der Waals surface area contributed by atoms with Crippen molar-refractivity contribution in [2.24, 2.45) is 0 Å². The molecule has 0 amide bonds. The van der Waals surface area contributed by atoms with Gasteiger partial charge in [-0.15, -0.1) is 0 Å². The quantitative estimate of drug-likeness (QED) is 0.296. The molecule has 1 rings (SSSR count). The Balaban J connectivity index is 0.00000576. The van der Waals surface area contributed by atoms with Gasteiger partial charge >= 0.3 is 29.6 Å². The first-order chi connectivity index (χ1) is 11.5. The summed E-state index contributed by atoms with van der Waals surface area (Å²) < 4.78 is 37.8. The van der Waals surface area contributed by atoms with Crippen LogP contribution in [0.4, 0.5) is 0 Å². The Labute approximate surface area is 175 Å². The normalized spacial score (nSPS) is 11.2. The summed E-state index contributed by atoms with van der Waals surface area (Å²) in [5.74, 6) is 0.484. The van der Waals surface area contributed by atoms with Crippen LogP contribution in [-0.4, -0.2) is 25.3 Å². The van der Waals surface area contributed by atoms with E-state index in [1.165, 1.54) is 43.2 Å². The van der Waals surface area contributed by atoms with Crippen molar-refractivity contribution < 1.29 is 47.3 Å². The molecule has 0 aliphatic rings. The van der Waals surface area contributed by atoms with E-state index >= 15 is 0 Å². The van der Waals surface area contributed by atoms with Gasteiger partial charge in [0, 0.05) is 5.75 Å². The second kappa shape index (κ2) is 14.0. The summed E-state index contributed by atoms with van der Waals surface area (Å²) in [7, 11) is -4.16. The van der Waals surface area contributed by atoms with Crippen LogP contribution in [-0.2, 0) is 23.0 Å². The standard InChI is InChI=1S/C19H32O4S.Na/c1-3-5-7-10-17-12-13-18(11-8-6-4-2)19(16-17)23-14-9-15-24(20,21)22;/h12-13,16H,3-11,14-15H2,1-2H3,(H,20,21,22);/q;+1/p-1. The molecule has 0 radical (unpaired) electrons. The zero-order chi connectivity index (χ0) is 17.8. The van der Waals surface area contributed by atoms with E-state index in [0.717, 1.165) is 25.0 Å². The van der Waals surface area contributed by atoms with E-state index in [-0.39, 0.29) is 48.3 Å². The molecule has 0 fully saturated rings. The minimum atomic E-state index is -4.16. The Morgan fingerprint density at radius 3 is 2.20 bits per heavy atom. The second-order valence-electron chi connectivity index (χ2n) is 6.32. The Bertz CT molecular complexity index is 573. The average Bonchev–Trinajstić information content (AvgIpc) is 2.53. The smallest absolute Gasteiger partial charge is 0.748 e. The van der Waals surface area contributed by atoms with Crippen molar-refractivity contribution in [2.45, 2.75) is 71.6 Å². The van der Waals surface area contributed by atoms with Gasteiger partial charge in [-0.3, -0.25) is 0 Å². The van der Waals surface area contributed by atoms with Crippen LogP contribution in [0.15, 0.2) is 18.2 Å². The van der Waals surface area contributed by atoms with Gasteiger partial charge in [0.1, 0.15) is 5.75 Å². The first-order valence-corrected chi connectivity index (χ1v) is 10.7. The number of hydrogen-bond donors (Lipinski definition) is 0. The summed E-state index contributed by atoms with van der Waals surface area (Å²) >= 11 is 0. The molecule has 0 bridgehead atoms. The summed E-state index contributed by atoms with van der Waals surface area (Å²) in [6.45, 7) is 4.63. The predicted molar refractivity (Wildman–Crippen MR) is 97.6 cm³/mol. The van der Waals surface area contributed by atoms with Gasteiger partial charge in [-0.25, -0.2) is 8.42 Å². The summed E-state index contributed by atoms with van der Waals surface area (Å²) in [4.78, 5) is 0. The maximum absolute atomic E-state index is 10.7. The van der Waals surface area contributed by atoms with Crippen molar-refractivity contribution in [3.63, 3.8) is 0 Å². The van der Waals surface area contributed by atoms with Gasteiger partial charge in [0.15, 0.2) is 0 Å². The Morgan fingerprint density at radius 1 is 0.960 bits per heavy atom. The third-order valence-electron chi connectivity index (χ3n) is 4.05. The number of aryl methyl sites for hydroxylation is 2. The number of rotatable bonds is 13. The van der Waals surface area contributed by atoms with Crippen LogP contribution >= 0.6 is 0 Å². The van der Waals surface area contributed by atoms with Crippen LogP contribution in [0.3, 0.4) is 0 Å². The van der Waals surface area contributed by atoms with Crippen molar-refractivity contribution in [3.05, 3.63) is 29.3 Å². The molecule has 0 aromatic heterocycles. The molecular formula is C19H31NaO4S. The van der Waals surface area contributed by atoms with Crippen molar-refractivity contribution in [1.82, 2.24) is 0 Å². The molecule has 6 heteroatoms. The summed E-state index contributed by atoms with van der Waals surface area (Å²) in [6, 6.07) is 6.39. The molecule has 0 unspecified atom stereocenters. The molecule has 0 saturated heterocycles. The molecule has 1 aromatic carbocycles. The topological polar surface area (TPSA) is 66.4 Å². The molecule has 0 atom stereocenters. The molecule has 0 heterocycles. The fraction of sp³-hybridized carbons (Fsp3) is 0.684. The van der Waals surface area contributed by atoms with Crippen molar-refractivity contribution in [1.29, 1.82) is 0 Å². The molecule has 0 aliphatic carbocycles. The van der Waals surface area contributed by atoms with Gasteiger partial charge in [0.05, 0.1) is 16.7 Å². The maximum Gasteiger partial charge on any atom is 1.00 e. The van der Waals surface area contributed by atoms with Gasteiger partial charge in [-0.05, 0) is 49.3 Å². The number of benzene rings is 1. The Kier molecular flexibility index (Phi) is 14.0. The van der Waals surface area contributed by atoms with E-state index in [0.29, 0.717) is 0 Å². The first-order valence-electron chi connectivity index (χ1n) is 9.14. The van der Waals surface area contributed by atoms with E-state index in [1.807, 2.05) is 0 Å². The maximum atomic E-state index is 10.7. The zero-order valence-corrected chi connectivity index (χ0v) is 18.9. The SMILES string of the molecule is CCCCCc1ccc(CCCCC)c(OCCCS(=O)(=O)[O-])c1.[Na+]. The minimum absolute atomic E-state index is 0. The number of hydrogen-bond acceptors (Lipinski definition) is 4. The van der Waals surface area contributed by atoms with E-state index in [4.69, 9.17) is 4.74 Å². The van der Waals surface area contributed by atoms with E-state index in [2.05, 4.69) is 32.0 Å². The van der Waals surface area contributed by atoms with Gasteiger partial charge in [0.2, 0.25) is 0 Å². The van der Waals surface area contributed by atoms with Crippen molar-refractivity contribution in [2.75, 3.05) is 12.4 Å². The van der Waals surface area contributed by atoms with Crippen LogP contribution in [0.25, 0.3) is 0 Å². The predicted octanol–water partition coefficient (Wildman–Crippen LogP) is 1.47. The Morgan fingerprint density at radius 2 is 1.60 bits per heavy atom. The Hall–Kier alpha value is -0.0700. The summed E-state index contributed by atoms with van der Waals surface area (Å²) in [5.41, 5.74) is 2.43. The molecule has 25 heavy (non-hydrogen) atoms. The molecule has 1 aromatic rings. The fourth-order valence-electron chi connectivity index (χ4n) is 2.66. The summed E-state index contributed by atoms with van der Waals surface area (Å²) in [6.07, 6.45) is 9.31. The molecule has 0 saturated carbocycles. The van der Waals surface area contributed by atoms with Crippen LogP contribution < -0.4 is 34.3 Å². The van der Waals surface area contributed by atoms with Gasteiger partial charge in [-0.2, -0.15) is 0 Å². The van der Waals surface area contributed by atoms with Gasteiger partial charge in [0.25, 0.3) is 0 Å². The molecule has 0 aliphatic heterocycles. The van der Waals surface area contributed by atoms with E-state index in [1.54, 1.807) is 0 Å². The van der Waals surface area contributed by atoms with Gasteiger partial charge < -0.3 is 9.29 Å². The minimum Gasteiger partial charge on any atom is -0.748 e. The first kappa shape index (κ1) is 24.9. The van der Waals surface area contributed by atoms with Crippen LogP contribution in [0.1, 0.15) is 69.9 Å². The van der Waals surface area contributed by atoms with Crippen molar-refractivity contribution in [3.8, 4) is 5.75 Å². The largest absolute Gasteiger partial charge is 1.00 e. The van der Waals surface area contributed by atoms with Crippen molar-refractivity contribution >= 4 is 10.1 Å². The third-order valence-corrected chi connectivity index (χ3v) is 4.84. The fourth-order valence-corrected chi connectivity index (χ4v) is 3.13. The molecule has 138 valence electrons.